The van der Waals surface area contributed by atoms with E-state index >= 15 is 0 Å². The normalized spacial score (nSPS) is 14.3. The summed E-state index contributed by atoms with van der Waals surface area (Å²) in [4.78, 5) is 16.7. The van der Waals surface area contributed by atoms with E-state index in [1.165, 1.54) is 5.56 Å². The molecule has 162 valence electrons. The number of ether oxygens (including phenoxy) is 3. The molecule has 0 amide bonds. The molecule has 32 heavy (non-hydrogen) atoms. The van der Waals surface area contributed by atoms with Crippen molar-refractivity contribution in [2.75, 3.05) is 7.11 Å². The van der Waals surface area contributed by atoms with Crippen LogP contribution in [0.25, 0.3) is 6.08 Å². The van der Waals surface area contributed by atoms with E-state index in [2.05, 4.69) is 33.6 Å². The smallest absolute Gasteiger partial charge is 0.363 e. The Bertz CT molecular complexity index is 1250. The fraction of sp³-hybridized carbons (Fsp3) is 0.120. The first kappa shape index (κ1) is 22.4. The van der Waals surface area contributed by atoms with Gasteiger partial charge in [-0.05, 0) is 77.0 Å². The van der Waals surface area contributed by atoms with Crippen LogP contribution in [0.15, 0.2) is 71.4 Å². The number of benzene rings is 3. The molecule has 1 aliphatic rings. The predicted molar refractivity (Wildman–Crippen MR) is 133 cm³/mol. The number of halogens is 2. The minimum atomic E-state index is -0.534. The molecule has 0 fully saturated rings. The van der Waals surface area contributed by atoms with Crippen LogP contribution >= 0.6 is 34.2 Å². The fourth-order valence-corrected chi connectivity index (χ4v) is 3.89. The molecule has 0 atom stereocenters. The molecule has 0 spiro atoms. The van der Waals surface area contributed by atoms with Gasteiger partial charge in [-0.2, -0.15) is 0 Å². The van der Waals surface area contributed by atoms with Gasteiger partial charge in [0.05, 0.1) is 17.7 Å². The molecule has 1 aliphatic heterocycles. The largest absolute Gasteiger partial charge is 0.493 e. The number of nitrogens with zero attached hydrogens (tertiary/aromatic N) is 1. The molecule has 0 aliphatic carbocycles. The van der Waals surface area contributed by atoms with Crippen molar-refractivity contribution < 1.29 is 19.0 Å². The third-order valence-corrected chi connectivity index (χ3v) is 5.75. The Morgan fingerprint density at radius 2 is 1.94 bits per heavy atom. The maximum absolute atomic E-state index is 12.4. The molecule has 5 nitrogen and oxygen atoms in total. The lowest BCUT2D eigenvalue weighted by Gasteiger charge is -2.12. The Hall–Kier alpha value is -2.84. The van der Waals surface area contributed by atoms with Crippen molar-refractivity contribution in [2.24, 2.45) is 4.99 Å². The highest BCUT2D eigenvalue weighted by Gasteiger charge is 2.26. The van der Waals surface area contributed by atoms with Crippen molar-refractivity contribution in [1.29, 1.82) is 0 Å². The van der Waals surface area contributed by atoms with E-state index in [1.807, 2.05) is 49.4 Å². The summed E-state index contributed by atoms with van der Waals surface area (Å²) < 4.78 is 17.7. The highest BCUT2D eigenvalue weighted by Crippen LogP contribution is 2.31. The second-order valence-electron chi connectivity index (χ2n) is 7.15. The number of rotatable bonds is 6. The number of cyclic esters (lactones) is 1. The fourth-order valence-electron chi connectivity index (χ4n) is 3.20. The minimum Gasteiger partial charge on any atom is -0.493 e. The lowest BCUT2D eigenvalue weighted by atomic mass is 10.1. The summed E-state index contributed by atoms with van der Waals surface area (Å²) in [5, 5.41) is 0.468. The van der Waals surface area contributed by atoms with E-state index in [0.717, 1.165) is 14.7 Å². The first-order valence-corrected chi connectivity index (χ1v) is 11.2. The van der Waals surface area contributed by atoms with Crippen molar-refractivity contribution in [1.82, 2.24) is 0 Å². The molecule has 0 radical (unpaired) electrons. The first-order chi connectivity index (χ1) is 15.4. The zero-order valence-corrected chi connectivity index (χ0v) is 20.3. The minimum absolute atomic E-state index is 0.186. The first-order valence-electron chi connectivity index (χ1n) is 9.77. The topological polar surface area (TPSA) is 57.1 Å². The number of aliphatic imine (C=N–C) groups is 1. The van der Waals surface area contributed by atoms with Crippen LogP contribution in [-0.2, 0) is 16.1 Å². The Labute approximate surface area is 204 Å². The van der Waals surface area contributed by atoms with Gasteiger partial charge < -0.3 is 14.2 Å². The Morgan fingerprint density at radius 1 is 1.09 bits per heavy atom. The number of carbonyl (C=O) groups is 1. The van der Waals surface area contributed by atoms with Crippen LogP contribution in [0, 0.1) is 10.5 Å². The average Bonchev–Trinajstić information content (AvgIpc) is 3.14. The van der Waals surface area contributed by atoms with E-state index in [1.54, 1.807) is 25.3 Å². The molecular formula is C25H19ClINO4. The maximum Gasteiger partial charge on any atom is 0.363 e. The van der Waals surface area contributed by atoms with Crippen LogP contribution in [0.5, 0.6) is 11.5 Å². The summed E-state index contributed by atoms with van der Waals surface area (Å²) in [6, 6.07) is 19.0. The number of hydrogen-bond donors (Lipinski definition) is 0. The van der Waals surface area contributed by atoms with Crippen molar-refractivity contribution in [3.05, 3.63) is 97.2 Å². The van der Waals surface area contributed by atoms with Crippen molar-refractivity contribution in [3.8, 4) is 11.5 Å². The van der Waals surface area contributed by atoms with Crippen LogP contribution in [0.1, 0.15) is 22.3 Å². The van der Waals surface area contributed by atoms with Gasteiger partial charge in [0.25, 0.3) is 0 Å². The summed E-state index contributed by atoms with van der Waals surface area (Å²) in [6.45, 7) is 2.47. The molecule has 0 aromatic heterocycles. The second-order valence-corrected chi connectivity index (χ2v) is 8.80. The van der Waals surface area contributed by atoms with Gasteiger partial charge in [-0.3, -0.25) is 0 Å². The number of methoxy groups -OCH3 is 1. The lowest BCUT2D eigenvalue weighted by Crippen LogP contribution is -2.06. The van der Waals surface area contributed by atoms with E-state index < -0.39 is 5.97 Å². The summed E-state index contributed by atoms with van der Waals surface area (Å²) in [7, 11) is 1.57. The molecule has 0 bridgehead atoms. The van der Waals surface area contributed by atoms with Gasteiger partial charge >= 0.3 is 5.97 Å². The van der Waals surface area contributed by atoms with Crippen molar-refractivity contribution in [3.63, 3.8) is 0 Å². The molecule has 0 unspecified atom stereocenters. The summed E-state index contributed by atoms with van der Waals surface area (Å²) >= 11 is 8.41. The molecule has 4 rings (SSSR count). The zero-order chi connectivity index (χ0) is 22.7. The van der Waals surface area contributed by atoms with Gasteiger partial charge in [-0.1, -0.05) is 47.5 Å². The van der Waals surface area contributed by atoms with Gasteiger partial charge in [0.1, 0.15) is 6.61 Å². The number of aryl methyl sites for hydroxylation is 1. The lowest BCUT2D eigenvalue weighted by molar-refractivity contribution is -0.129. The van der Waals surface area contributed by atoms with Gasteiger partial charge in [-0.25, -0.2) is 9.79 Å². The third kappa shape index (κ3) is 5.14. The molecule has 7 heteroatoms. The number of hydrogen-bond acceptors (Lipinski definition) is 5. The zero-order valence-electron chi connectivity index (χ0n) is 17.4. The molecule has 3 aromatic carbocycles. The molecular weight excluding hydrogens is 541 g/mol. The van der Waals surface area contributed by atoms with Crippen LogP contribution in [0.2, 0.25) is 5.02 Å². The number of esters is 1. The molecule has 0 N–H and O–H groups in total. The Balaban J connectivity index is 1.56. The Kier molecular flexibility index (Phi) is 6.81. The SMILES string of the molecule is COc1cc(/C=C2\N=C(c3cc(I)ccc3Cl)OC2=O)ccc1OCc1cccc(C)c1. The van der Waals surface area contributed by atoms with Crippen LogP contribution in [0.4, 0.5) is 0 Å². The summed E-state index contributed by atoms with van der Waals surface area (Å²) in [6.07, 6.45) is 1.64. The second kappa shape index (κ2) is 9.75. The van der Waals surface area contributed by atoms with Crippen LogP contribution < -0.4 is 9.47 Å². The van der Waals surface area contributed by atoms with E-state index in [-0.39, 0.29) is 11.6 Å². The highest BCUT2D eigenvalue weighted by atomic mass is 127. The van der Waals surface area contributed by atoms with E-state index in [0.29, 0.717) is 28.7 Å². The molecule has 0 saturated heterocycles. The Morgan fingerprint density at radius 3 is 2.72 bits per heavy atom. The summed E-state index contributed by atoms with van der Waals surface area (Å²) in [5.74, 6) is 0.826. The van der Waals surface area contributed by atoms with Crippen LogP contribution in [0.3, 0.4) is 0 Å². The van der Waals surface area contributed by atoms with Crippen molar-refractivity contribution >= 4 is 52.1 Å². The molecule has 3 aromatic rings. The molecule has 1 heterocycles. The monoisotopic (exact) mass is 559 g/mol. The predicted octanol–water partition coefficient (Wildman–Crippen LogP) is 6.19. The highest BCUT2D eigenvalue weighted by molar-refractivity contribution is 14.1. The van der Waals surface area contributed by atoms with Crippen molar-refractivity contribution in [2.45, 2.75) is 13.5 Å². The maximum atomic E-state index is 12.4. The van der Waals surface area contributed by atoms with Gasteiger partial charge in [-0.15, -0.1) is 0 Å². The van der Waals surface area contributed by atoms with Gasteiger partial charge in [0.2, 0.25) is 5.90 Å². The standard InChI is InChI=1S/C25H19ClINO4/c1-15-4-3-5-17(10-15)14-31-22-9-6-16(12-23(22)30-2)11-21-25(29)32-24(28-21)19-13-18(27)7-8-20(19)26/h3-13H,14H2,1-2H3/b21-11-. The van der Waals surface area contributed by atoms with Gasteiger partial charge in [0.15, 0.2) is 17.2 Å². The number of carbonyl (C=O) groups excluding carboxylic acids is 1. The summed E-state index contributed by atoms with van der Waals surface area (Å²) in [5.41, 5.74) is 3.74. The quantitative estimate of drug-likeness (QED) is 0.205. The van der Waals surface area contributed by atoms with E-state index in [9.17, 15) is 4.79 Å². The van der Waals surface area contributed by atoms with Crippen LogP contribution in [-0.4, -0.2) is 19.0 Å². The van der Waals surface area contributed by atoms with E-state index in [4.69, 9.17) is 25.8 Å². The average molecular weight is 560 g/mol. The van der Waals surface area contributed by atoms with Gasteiger partial charge in [0, 0.05) is 3.57 Å². The third-order valence-electron chi connectivity index (χ3n) is 4.75. The molecule has 0 saturated carbocycles.